The van der Waals surface area contributed by atoms with Gasteiger partial charge in [0.2, 0.25) is 0 Å². The molecule has 32 heavy (non-hydrogen) atoms. The Balaban J connectivity index is 1.42. The Kier molecular flexibility index (Phi) is 7.21. The topological polar surface area (TPSA) is 86.7 Å². The first-order chi connectivity index (χ1) is 15.6. The van der Waals surface area contributed by atoms with Gasteiger partial charge in [0.15, 0.2) is 0 Å². The van der Waals surface area contributed by atoms with Crippen LogP contribution in [-0.2, 0) is 24.3 Å². The minimum absolute atomic E-state index is 0.351. The molecule has 0 atom stereocenters. The Morgan fingerprint density at radius 1 is 1.06 bits per heavy atom. The smallest absolute Gasteiger partial charge is 0.345 e. The van der Waals surface area contributed by atoms with Crippen molar-refractivity contribution >= 4 is 28.2 Å². The fourth-order valence-corrected chi connectivity index (χ4v) is 4.50. The van der Waals surface area contributed by atoms with Crippen LogP contribution in [0.15, 0.2) is 66.9 Å². The summed E-state index contributed by atoms with van der Waals surface area (Å²) in [4.78, 5) is 12.5. The summed E-state index contributed by atoms with van der Waals surface area (Å²) in [5.41, 5.74) is 9.20. The molecule has 2 aromatic heterocycles. The lowest BCUT2D eigenvalue weighted by Gasteiger charge is -2.09. The van der Waals surface area contributed by atoms with Crippen molar-refractivity contribution < 1.29 is 19.4 Å². The van der Waals surface area contributed by atoms with Crippen LogP contribution in [0.25, 0.3) is 10.9 Å². The van der Waals surface area contributed by atoms with E-state index in [4.69, 9.17) is 15.2 Å². The van der Waals surface area contributed by atoms with E-state index in [1.165, 1.54) is 11.3 Å². The number of nitrogens with two attached hydrogens (primary N) is 1. The SMILES string of the molecule is NCCc1cn(Cc2ccc(C(=O)O)s2)c2ccc(OCCOCc3ccccc3)cc12. The maximum Gasteiger partial charge on any atom is 0.345 e. The first kappa shape index (κ1) is 22.1. The number of aromatic carboxylic acids is 1. The quantitative estimate of drug-likeness (QED) is 0.328. The standard InChI is InChI=1S/C25H26N2O4S/c26-11-10-19-15-27(16-21-7-9-24(32-21)25(28)29)23-8-6-20(14-22(19)23)31-13-12-30-17-18-4-2-1-3-5-18/h1-9,14-15H,10-13,16-17,26H2,(H,28,29). The summed E-state index contributed by atoms with van der Waals surface area (Å²) in [6.07, 6.45) is 2.86. The van der Waals surface area contributed by atoms with Crippen LogP contribution in [0.5, 0.6) is 5.75 Å². The predicted molar refractivity (Wildman–Crippen MR) is 127 cm³/mol. The molecule has 0 saturated heterocycles. The van der Waals surface area contributed by atoms with Gasteiger partial charge in [-0.1, -0.05) is 30.3 Å². The number of fused-ring (bicyclic) bond motifs is 1. The van der Waals surface area contributed by atoms with Crippen LogP contribution in [0.3, 0.4) is 0 Å². The summed E-state index contributed by atoms with van der Waals surface area (Å²) in [7, 11) is 0. The maximum atomic E-state index is 11.2. The van der Waals surface area contributed by atoms with Gasteiger partial charge >= 0.3 is 5.97 Å². The third kappa shape index (κ3) is 5.37. The Morgan fingerprint density at radius 3 is 2.66 bits per heavy atom. The highest BCUT2D eigenvalue weighted by atomic mass is 32.1. The van der Waals surface area contributed by atoms with Crippen LogP contribution in [0.2, 0.25) is 0 Å². The van der Waals surface area contributed by atoms with Crippen LogP contribution in [0.1, 0.15) is 25.7 Å². The minimum atomic E-state index is -0.892. The third-order valence-electron chi connectivity index (χ3n) is 5.16. The summed E-state index contributed by atoms with van der Waals surface area (Å²) in [5.74, 6) is -0.0990. The molecule has 0 saturated carbocycles. The molecule has 7 heteroatoms. The monoisotopic (exact) mass is 450 g/mol. The lowest BCUT2D eigenvalue weighted by molar-refractivity contribution is 0.0702. The van der Waals surface area contributed by atoms with Crippen LogP contribution < -0.4 is 10.5 Å². The Hall–Kier alpha value is -3.13. The van der Waals surface area contributed by atoms with Crippen molar-refractivity contribution in [3.05, 3.63) is 87.7 Å². The van der Waals surface area contributed by atoms with E-state index in [-0.39, 0.29) is 0 Å². The van der Waals surface area contributed by atoms with Crippen LogP contribution >= 0.6 is 11.3 Å². The molecule has 0 aliphatic heterocycles. The lowest BCUT2D eigenvalue weighted by atomic mass is 10.1. The van der Waals surface area contributed by atoms with Crippen molar-refractivity contribution in [1.82, 2.24) is 4.57 Å². The van der Waals surface area contributed by atoms with Crippen LogP contribution in [0.4, 0.5) is 0 Å². The average molecular weight is 451 g/mol. The highest BCUT2D eigenvalue weighted by Crippen LogP contribution is 2.28. The number of ether oxygens (including phenoxy) is 2. The van der Waals surface area contributed by atoms with E-state index in [0.29, 0.717) is 37.8 Å². The van der Waals surface area contributed by atoms with E-state index in [2.05, 4.69) is 10.8 Å². The molecule has 0 spiro atoms. The van der Waals surface area contributed by atoms with Crippen molar-refractivity contribution in [2.75, 3.05) is 19.8 Å². The molecule has 4 aromatic rings. The Labute approximate surface area is 190 Å². The van der Waals surface area contributed by atoms with Crippen molar-refractivity contribution in [3.8, 4) is 5.75 Å². The van der Waals surface area contributed by atoms with Gasteiger partial charge in [0.1, 0.15) is 17.2 Å². The fourth-order valence-electron chi connectivity index (χ4n) is 3.65. The lowest BCUT2D eigenvalue weighted by Crippen LogP contribution is -2.06. The molecule has 2 heterocycles. The molecule has 166 valence electrons. The maximum absolute atomic E-state index is 11.2. The number of rotatable bonds is 11. The molecule has 3 N–H and O–H groups in total. The number of benzene rings is 2. The van der Waals surface area contributed by atoms with E-state index in [1.807, 2.05) is 54.6 Å². The molecule has 0 bridgehead atoms. The average Bonchev–Trinajstić information content (AvgIpc) is 3.40. The van der Waals surface area contributed by atoms with Crippen LogP contribution in [-0.4, -0.2) is 35.4 Å². The van der Waals surface area contributed by atoms with E-state index in [1.54, 1.807) is 6.07 Å². The first-order valence-electron chi connectivity index (χ1n) is 10.5. The summed E-state index contributed by atoms with van der Waals surface area (Å²) in [5, 5.41) is 10.3. The number of nitrogens with zero attached hydrogens (tertiary/aromatic N) is 1. The molecule has 6 nitrogen and oxygen atoms in total. The number of aromatic nitrogens is 1. The van der Waals surface area contributed by atoms with Gasteiger partial charge in [-0.05, 0) is 54.4 Å². The van der Waals surface area contributed by atoms with Gasteiger partial charge in [-0.3, -0.25) is 0 Å². The summed E-state index contributed by atoms with van der Waals surface area (Å²) >= 11 is 1.30. The fraction of sp³-hybridized carbons (Fsp3) is 0.240. The summed E-state index contributed by atoms with van der Waals surface area (Å²) < 4.78 is 13.8. The van der Waals surface area contributed by atoms with Crippen molar-refractivity contribution in [2.45, 2.75) is 19.6 Å². The Morgan fingerprint density at radius 2 is 1.91 bits per heavy atom. The molecule has 0 aliphatic carbocycles. The number of hydrogen-bond donors (Lipinski definition) is 2. The zero-order valence-electron chi connectivity index (χ0n) is 17.7. The summed E-state index contributed by atoms with van der Waals surface area (Å²) in [6.45, 7) is 2.72. The van der Waals surface area contributed by atoms with E-state index in [9.17, 15) is 9.90 Å². The normalized spacial score (nSPS) is 11.2. The molecular formula is C25H26N2O4S. The zero-order chi connectivity index (χ0) is 22.3. The number of carboxylic acid groups (broad SMARTS) is 1. The molecular weight excluding hydrogens is 424 g/mol. The van der Waals surface area contributed by atoms with Crippen molar-refractivity contribution in [1.29, 1.82) is 0 Å². The van der Waals surface area contributed by atoms with E-state index >= 15 is 0 Å². The highest BCUT2D eigenvalue weighted by molar-refractivity contribution is 7.13. The molecule has 2 aromatic carbocycles. The van der Waals surface area contributed by atoms with Gasteiger partial charge in [-0.25, -0.2) is 4.79 Å². The van der Waals surface area contributed by atoms with Crippen molar-refractivity contribution in [3.63, 3.8) is 0 Å². The largest absolute Gasteiger partial charge is 0.491 e. The first-order valence-corrected chi connectivity index (χ1v) is 11.3. The van der Waals surface area contributed by atoms with Gasteiger partial charge in [-0.2, -0.15) is 0 Å². The molecule has 0 aliphatic rings. The molecule has 0 unspecified atom stereocenters. The van der Waals surface area contributed by atoms with Gasteiger partial charge < -0.3 is 24.9 Å². The second-order valence-corrected chi connectivity index (χ2v) is 8.63. The van der Waals surface area contributed by atoms with E-state index in [0.717, 1.165) is 39.1 Å². The van der Waals surface area contributed by atoms with Gasteiger partial charge in [0.05, 0.1) is 19.8 Å². The second-order valence-electron chi connectivity index (χ2n) is 7.46. The second kappa shape index (κ2) is 10.5. The van der Waals surface area contributed by atoms with Gasteiger partial charge in [0, 0.05) is 22.0 Å². The number of hydrogen-bond acceptors (Lipinski definition) is 5. The molecule has 0 radical (unpaired) electrons. The van der Waals surface area contributed by atoms with Gasteiger partial charge in [0.25, 0.3) is 0 Å². The van der Waals surface area contributed by atoms with E-state index < -0.39 is 5.97 Å². The summed E-state index contributed by atoms with van der Waals surface area (Å²) in [6, 6.07) is 19.6. The number of carboxylic acids is 1. The van der Waals surface area contributed by atoms with Gasteiger partial charge in [-0.15, -0.1) is 11.3 Å². The molecule has 0 amide bonds. The molecule has 0 fully saturated rings. The number of thiophene rings is 1. The highest BCUT2D eigenvalue weighted by Gasteiger charge is 2.12. The predicted octanol–water partition coefficient (Wildman–Crippen LogP) is 4.55. The Bertz CT molecular complexity index is 1180. The third-order valence-corrected chi connectivity index (χ3v) is 6.21. The number of carbonyl (C=O) groups is 1. The van der Waals surface area contributed by atoms with Crippen LogP contribution in [0, 0.1) is 0 Å². The molecule has 4 rings (SSSR count). The van der Waals surface area contributed by atoms with Crippen molar-refractivity contribution in [2.24, 2.45) is 5.73 Å². The minimum Gasteiger partial charge on any atom is -0.491 e. The zero-order valence-corrected chi connectivity index (χ0v) is 18.5.